The summed E-state index contributed by atoms with van der Waals surface area (Å²) in [5.74, 6) is -0.123. The Kier molecular flexibility index (Phi) is 18.5. The first-order valence-electron chi connectivity index (χ1n) is 13.5. The molecule has 5 atom stereocenters. The number of hydrogen-bond acceptors (Lipinski definition) is 6. The monoisotopic (exact) mass is 538 g/mol. The van der Waals surface area contributed by atoms with Gasteiger partial charge in [0.1, 0.15) is 12.2 Å². The summed E-state index contributed by atoms with van der Waals surface area (Å²) in [5, 5.41) is 7.14. The van der Waals surface area contributed by atoms with Crippen molar-refractivity contribution in [3.63, 3.8) is 0 Å². The molecule has 0 aromatic rings. The highest BCUT2D eigenvalue weighted by molar-refractivity contribution is 7.80. The van der Waals surface area contributed by atoms with E-state index in [1.54, 1.807) is 14.2 Å². The fraction of sp³-hybridized carbons (Fsp3) is 0.960. The van der Waals surface area contributed by atoms with Gasteiger partial charge in [0.05, 0.1) is 12.6 Å². The number of phosphoric acid groups is 1. The van der Waals surface area contributed by atoms with E-state index in [0.717, 1.165) is 20.1 Å². The number of methoxy groups -OCH3 is 2. The lowest BCUT2D eigenvalue weighted by atomic mass is 10.0. The molecule has 0 aliphatic heterocycles. The van der Waals surface area contributed by atoms with Crippen molar-refractivity contribution < 1.29 is 28.0 Å². The first-order chi connectivity index (χ1) is 16.9. The summed E-state index contributed by atoms with van der Waals surface area (Å²) in [6.07, 6.45) is 16.8. The largest absolute Gasteiger partial charge is 0.472 e. The van der Waals surface area contributed by atoms with E-state index in [4.69, 9.17) is 26.2 Å². The van der Waals surface area contributed by atoms with Crippen LogP contribution in [0.3, 0.4) is 0 Å². The Hall–Kier alpha value is -0.280. The summed E-state index contributed by atoms with van der Waals surface area (Å²) in [7, 11) is 0.148. The second kappa shape index (κ2) is 19.8. The van der Waals surface area contributed by atoms with Crippen molar-refractivity contribution in [3.8, 4) is 0 Å². The van der Waals surface area contributed by atoms with Crippen LogP contribution in [0, 0.1) is 5.92 Å². The van der Waals surface area contributed by atoms with Gasteiger partial charge in [0.2, 0.25) is 0 Å². The van der Waals surface area contributed by atoms with Crippen molar-refractivity contribution in [2.24, 2.45) is 5.92 Å². The predicted molar refractivity (Wildman–Crippen MR) is 146 cm³/mol. The quantitative estimate of drug-likeness (QED) is 0.0962. The van der Waals surface area contributed by atoms with Gasteiger partial charge < -0.3 is 25.0 Å². The predicted octanol–water partition coefficient (Wildman–Crippen LogP) is 5.72. The fourth-order valence-electron chi connectivity index (χ4n) is 4.82. The number of hydrogen-bond donors (Lipinski definition) is 3. The number of unbranched alkanes of at least 4 members (excludes halogenated alkanes) is 12. The second-order valence-electron chi connectivity index (χ2n) is 9.62. The van der Waals surface area contributed by atoms with Gasteiger partial charge in [0.25, 0.3) is 0 Å². The average molecular weight is 539 g/mol. The van der Waals surface area contributed by atoms with Crippen LogP contribution < -0.4 is 10.6 Å². The molecule has 0 aromatic heterocycles. The zero-order chi connectivity index (χ0) is 25.9. The summed E-state index contributed by atoms with van der Waals surface area (Å²) in [5.41, 5.74) is 0. The van der Waals surface area contributed by atoms with Gasteiger partial charge in [-0.2, -0.15) is 0 Å². The molecule has 0 amide bonds. The fourth-order valence-corrected chi connectivity index (χ4v) is 5.75. The Morgan fingerprint density at radius 2 is 1.46 bits per heavy atom. The highest BCUT2D eigenvalue weighted by Gasteiger charge is 2.47. The van der Waals surface area contributed by atoms with Gasteiger partial charge >= 0.3 is 7.82 Å². The molecule has 8 nitrogen and oxygen atoms in total. The van der Waals surface area contributed by atoms with Crippen molar-refractivity contribution in [3.05, 3.63) is 0 Å². The Morgan fingerprint density at radius 3 is 1.94 bits per heavy atom. The zero-order valence-corrected chi connectivity index (χ0v) is 24.2. The van der Waals surface area contributed by atoms with Crippen LogP contribution in [0.25, 0.3) is 0 Å². The molecular weight excluding hydrogens is 487 g/mol. The molecule has 1 aliphatic rings. The van der Waals surface area contributed by atoms with Crippen LogP contribution >= 0.6 is 20.0 Å². The van der Waals surface area contributed by atoms with E-state index in [1.165, 1.54) is 77.0 Å². The SMILES string of the molecule is CCCCCCCCCCCCCCCNC(=S)N[C@H]1C[C@H](COC)C(OP(=O)(O)OC)[C@@H]1OC. The van der Waals surface area contributed by atoms with Crippen LogP contribution in [0.2, 0.25) is 0 Å². The van der Waals surface area contributed by atoms with Crippen molar-refractivity contribution in [2.75, 3.05) is 34.5 Å². The minimum Gasteiger partial charge on any atom is -0.384 e. The lowest BCUT2D eigenvalue weighted by Gasteiger charge is -2.27. The third-order valence-corrected chi connectivity index (χ3v) is 8.00. The molecule has 1 rings (SSSR count). The minimum absolute atomic E-state index is 0.123. The molecule has 0 spiro atoms. The van der Waals surface area contributed by atoms with E-state index < -0.39 is 20.0 Å². The minimum atomic E-state index is -4.15. The number of ether oxygens (including phenoxy) is 2. The molecule has 35 heavy (non-hydrogen) atoms. The maximum absolute atomic E-state index is 12.0. The Balaban J connectivity index is 2.19. The van der Waals surface area contributed by atoms with Crippen molar-refractivity contribution in [1.29, 1.82) is 0 Å². The third kappa shape index (κ3) is 14.3. The summed E-state index contributed by atoms with van der Waals surface area (Å²) < 4.78 is 32.9. The molecule has 1 saturated carbocycles. The number of phosphoric ester groups is 1. The van der Waals surface area contributed by atoms with Gasteiger partial charge in [0, 0.05) is 33.8 Å². The molecule has 0 aromatic carbocycles. The highest BCUT2D eigenvalue weighted by atomic mass is 32.1. The van der Waals surface area contributed by atoms with E-state index in [0.29, 0.717) is 18.1 Å². The number of rotatable bonds is 21. The highest BCUT2D eigenvalue weighted by Crippen LogP contribution is 2.48. The van der Waals surface area contributed by atoms with Crippen LogP contribution in [0.1, 0.15) is 96.8 Å². The second-order valence-corrected chi connectivity index (χ2v) is 11.5. The normalized spacial score (nSPS) is 23.8. The molecule has 208 valence electrons. The zero-order valence-electron chi connectivity index (χ0n) is 22.5. The molecule has 0 heterocycles. The molecule has 10 heteroatoms. The Bertz CT molecular complexity index is 600. The standard InChI is InChI=1S/C25H51N2O6PS/c1-5-6-7-8-9-10-11-12-13-14-15-16-17-18-26-25(35)27-22-19-21(20-30-2)23(24(22)31-3)33-34(28,29)32-4/h21-24H,5-20H2,1-4H3,(H,28,29)(H2,26,27,35)/t21-,22+,23?,24-/m1/s1. The summed E-state index contributed by atoms with van der Waals surface area (Å²) in [6, 6.07) is -0.159. The number of thiocarbonyl (C=S) groups is 1. The molecule has 0 bridgehead atoms. The van der Waals surface area contributed by atoms with E-state index >= 15 is 0 Å². The number of nitrogens with one attached hydrogen (secondary N) is 2. The molecule has 3 N–H and O–H groups in total. The molecule has 1 fully saturated rings. The van der Waals surface area contributed by atoms with Gasteiger partial charge in [-0.3, -0.25) is 9.05 Å². The lowest BCUT2D eigenvalue weighted by Crippen LogP contribution is -2.48. The Labute approximate surface area is 219 Å². The smallest absolute Gasteiger partial charge is 0.384 e. The maximum Gasteiger partial charge on any atom is 0.472 e. The Morgan fingerprint density at radius 1 is 0.914 bits per heavy atom. The lowest BCUT2D eigenvalue weighted by molar-refractivity contribution is -0.0282. The van der Waals surface area contributed by atoms with Gasteiger partial charge in [0.15, 0.2) is 5.11 Å². The topological polar surface area (TPSA) is 98.3 Å². The van der Waals surface area contributed by atoms with E-state index in [-0.39, 0.29) is 12.0 Å². The molecule has 2 unspecified atom stereocenters. The van der Waals surface area contributed by atoms with Crippen LogP contribution in [0.15, 0.2) is 0 Å². The van der Waals surface area contributed by atoms with Gasteiger partial charge in [-0.05, 0) is 25.1 Å². The molecular formula is C25H51N2O6PS. The van der Waals surface area contributed by atoms with E-state index in [1.807, 2.05) is 0 Å². The molecule has 0 radical (unpaired) electrons. The van der Waals surface area contributed by atoms with Crippen LogP contribution in [0.4, 0.5) is 0 Å². The van der Waals surface area contributed by atoms with Crippen LogP contribution in [-0.2, 0) is 23.1 Å². The third-order valence-electron chi connectivity index (χ3n) is 6.76. The summed E-state index contributed by atoms with van der Waals surface area (Å²) in [4.78, 5) is 9.80. The van der Waals surface area contributed by atoms with E-state index in [2.05, 4.69) is 22.1 Å². The average Bonchev–Trinajstić information content (AvgIpc) is 3.14. The van der Waals surface area contributed by atoms with Gasteiger partial charge in [-0.25, -0.2) is 4.57 Å². The van der Waals surface area contributed by atoms with Crippen molar-refractivity contribution in [1.82, 2.24) is 10.6 Å². The first-order valence-corrected chi connectivity index (χ1v) is 15.4. The van der Waals surface area contributed by atoms with Gasteiger partial charge in [-0.1, -0.05) is 84.0 Å². The molecule has 1 aliphatic carbocycles. The van der Waals surface area contributed by atoms with Crippen LogP contribution in [-0.4, -0.2) is 62.7 Å². The van der Waals surface area contributed by atoms with Crippen LogP contribution in [0.5, 0.6) is 0 Å². The molecule has 0 saturated heterocycles. The van der Waals surface area contributed by atoms with Crippen molar-refractivity contribution >= 4 is 25.2 Å². The first kappa shape index (κ1) is 32.7. The van der Waals surface area contributed by atoms with E-state index in [9.17, 15) is 9.46 Å². The maximum atomic E-state index is 12.0. The summed E-state index contributed by atoms with van der Waals surface area (Å²) in [6.45, 7) is 3.47. The van der Waals surface area contributed by atoms with Gasteiger partial charge in [-0.15, -0.1) is 0 Å². The summed E-state index contributed by atoms with van der Waals surface area (Å²) >= 11 is 5.48. The van der Waals surface area contributed by atoms with Crippen molar-refractivity contribution in [2.45, 2.75) is 115 Å².